The van der Waals surface area contributed by atoms with Crippen LogP contribution in [0, 0.1) is 0 Å². The monoisotopic (exact) mass is 279 g/mol. The van der Waals surface area contributed by atoms with Crippen molar-refractivity contribution in [2.75, 3.05) is 0 Å². The van der Waals surface area contributed by atoms with Gasteiger partial charge in [-0.1, -0.05) is 40.2 Å². The third-order valence-corrected chi connectivity index (χ3v) is 3.56. The van der Waals surface area contributed by atoms with Crippen molar-refractivity contribution in [1.82, 2.24) is 5.32 Å². The van der Waals surface area contributed by atoms with E-state index in [2.05, 4.69) is 64.6 Å². The predicted molar refractivity (Wildman–Crippen MR) is 72.5 cm³/mol. The second-order valence-corrected chi connectivity index (χ2v) is 5.32. The topological polar surface area (TPSA) is 12.0 Å². The van der Waals surface area contributed by atoms with Crippen molar-refractivity contribution in [3.63, 3.8) is 0 Å². The molecule has 1 aliphatic carbocycles. The zero-order valence-corrected chi connectivity index (χ0v) is 11.2. The second-order valence-electron chi connectivity index (χ2n) is 4.41. The van der Waals surface area contributed by atoms with Gasteiger partial charge in [-0.15, -0.1) is 0 Å². The molecule has 0 aliphatic heterocycles. The first kappa shape index (κ1) is 11.9. The number of rotatable bonds is 3. The first-order chi connectivity index (χ1) is 7.75. The lowest BCUT2D eigenvalue weighted by atomic mass is 10.0. The molecule has 1 aromatic carbocycles. The van der Waals surface area contributed by atoms with Crippen LogP contribution in [0.15, 0.2) is 40.9 Å². The summed E-state index contributed by atoms with van der Waals surface area (Å²) < 4.78 is 1.15. The largest absolute Gasteiger partial charge is 0.304 e. The molecule has 0 aromatic heterocycles. The van der Waals surface area contributed by atoms with E-state index < -0.39 is 0 Å². The molecule has 1 nitrogen and oxygen atoms in total. The fourth-order valence-electron chi connectivity index (χ4n) is 2.14. The van der Waals surface area contributed by atoms with E-state index in [0.29, 0.717) is 12.1 Å². The Bertz CT molecular complexity index is 373. The Morgan fingerprint density at radius 2 is 2.31 bits per heavy atom. The molecule has 2 heteroatoms. The highest BCUT2D eigenvalue weighted by molar-refractivity contribution is 9.10. The summed E-state index contributed by atoms with van der Waals surface area (Å²) in [6.45, 7) is 2.23. The number of nitrogens with one attached hydrogen (secondary N) is 1. The maximum atomic E-state index is 3.65. The van der Waals surface area contributed by atoms with Gasteiger partial charge in [0.1, 0.15) is 0 Å². The molecule has 16 heavy (non-hydrogen) atoms. The lowest BCUT2D eigenvalue weighted by Crippen LogP contribution is -2.30. The Morgan fingerprint density at radius 3 is 3.00 bits per heavy atom. The summed E-state index contributed by atoms with van der Waals surface area (Å²) >= 11 is 3.51. The fraction of sp³-hybridized carbons (Fsp3) is 0.429. The summed E-state index contributed by atoms with van der Waals surface area (Å²) in [5.41, 5.74) is 1.34. The lowest BCUT2D eigenvalue weighted by Gasteiger charge is -2.23. The predicted octanol–water partition coefficient (Wildman–Crippen LogP) is 4.21. The number of hydrogen-bond donors (Lipinski definition) is 1. The summed E-state index contributed by atoms with van der Waals surface area (Å²) in [7, 11) is 0. The van der Waals surface area contributed by atoms with Gasteiger partial charge in [-0.25, -0.2) is 0 Å². The molecule has 0 saturated carbocycles. The molecule has 1 aromatic rings. The van der Waals surface area contributed by atoms with Gasteiger partial charge in [0.25, 0.3) is 0 Å². The molecule has 1 N–H and O–H groups in total. The summed E-state index contributed by atoms with van der Waals surface area (Å²) in [5.74, 6) is 0. The van der Waals surface area contributed by atoms with Gasteiger partial charge in [0, 0.05) is 16.6 Å². The highest BCUT2D eigenvalue weighted by atomic mass is 79.9. The standard InChI is InChI=1S/C14H18BrN/c1-11(12-6-5-7-13(15)10-12)16-14-8-3-2-4-9-14/h3,5-8,10-11,14,16H,2,4,9H2,1H3. The molecule has 2 atom stereocenters. The van der Waals surface area contributed by atoms with Gasteiger partial charge in [-0.3, -0.25) is 0 Å². The second kappa shape index (κ2) is 5.65. The van der Waals surface area contributed by atoms with E-state index in [1.807, 2.05) is 0 Å². The average molecular weight is 280 g/mol. The summed E-state index contributed by atoms with van der Waals surface area (Å²) in [6, 6.07) is 9.47. The van der Waals surface area contributed by atoms with E-state index in [1.165, 1.54) is 24.8 Å². The fourth-order valence-corrected chi connectivity index (χ4v) is 2.56. The van der Waals surface area contributed by atoms with Gasteiger partial charge in [0.2, 0.25) is 0 Å². The van der Waals surface area contributed by atoms with Crippen LogP contribution in [0.4, 0.5) is 0 Å². The molecular weight excluding hydrogens is 262 g/mol. The third kappa shape index (κ3) is 3.19. The minimum absolute atomic E-state index is 0.408. The quantitative estimate of drug-likeness (QED) is 0.818. The molecular formula is C14H18BrN. The Kier molecular flexibility index (Phi) is 4.19. The van der Waals surface area contributed by atoms with Crippen LogP contribution < -0.4 is 5.32 Å². The van der Waals surface area contributed by atoms with Crippen molar-refractivity contribution in [2.45, 2.75) is 38.3 Å². The van der Waals surface area contributed by atoms with Gasteiger partial charge >= 0.3 is 0 Å². The van der Waals surface area contributed by atoms with Gasteiger partial charge in [0.05, 0.1) is 0 Å². The van der Waals surface area contributed by atoms with Crippen LogP contribution in [-0.4, -0.2) is 6.04 Å². The van der Waals surface area contributed by atoms with Crippen LogP contribution in [0.2, 0.25) is 0 Å². The minimum Gasteiger partial charge on any atom is -0.304 e. The Labute approximate surface area is 106 Å². The summed E-state index contributed by atoms with van der Waals surface area (Å²) in [5, 5.41) is 3.65. The van der Waals surface area contributed by atoms with Gasteiger partial charge in [-0.05, 0) is 43.9 Å². The molecule has 86 valence electrons. The average Bonchev–Trinajstić information content (AvgIpc) is 2.30. The normalized spacial score (nSPS) is 22.0. The van der Waals surface area contributed by atoms with Crippen LogP contribution >= 0.6 is 15.9 Å². The molecule has 0 amide bonds. The van der Waals surface area contributed by atoms with E-state index in [1.54, 1.807) is 0 Å². The number of hydrogen-bond acceptors (Lipinski definition) is 1. The van der Waals surface area contributed by atoms with Crippen molar-refractivity contribution in [1.29, 1.82) is 0 Å². The molecule has 0 saturated heterocycles. The molecule has 0 bridgehead atoms. The van der Waals surface area contributed by atoms with Gasteiger partial charge < -0.3 is 5.32 Å². The number of allylic oxidation sites excluding steroid dienone is 1. The van der Waals surface area contributed by atoms with Crippen LogP contribution in [0.5, 0.6) is 0 Å². The van der Waals surface area contributed by atoms with Gasteiger partial charge in [0.15, 0.2) is 0 Å². The van der Waals surface area contributed by atoms with E-state index in [-0.39, 0.29) is 0 Å². The molecule has 1 aliphatic rings. The first-order valence-corrected chi connectivity index (χ1v) is 6.73. The van der Waals surface area contributed by atoms with Crippen molar-refractivity contribution in [2.24, 2.45) is 0 Å². The number of benzene rings is 1. The molecule has 0 fully saturated rings. The van der Waals surface area contributed by atoms with E-state index in [9.17, 15) is 0 Å². The Hall–Kier alpha value is -0.600. The zero-order chi connectivity index (χ0) is 11.4. The van der Waals surface area contributed by atoms with E-state index in [4.69, 9.17) is 0 Å². The van der Waals surface area contributed by atoms with Crippen molar-refractivity contribution < 1.29 is 0 Å². The maximum absolute atomic E-state index is 3.65. The summed E-state index contributed by atoms with van der Waals surface area (Å²) in [4.78, 5) is 0. The number of halogens is 1. The van der Waals surface area contributed by atoms with Crippen LogP contribution in [0.1, 0.15) is 37.8 Å². The van der Waals surface area contributed by atoms with E-state index in [0.717, 1.165) is 4.47 Å². The third-order valence-electron chi connectivity index (χ3n) is 3.07. The SMILES string of the molecule is CC(NC1C=CCCC1)c1cccc(Br)c1. The molecule has 0 radical (unpaired) electrons. The lowest BCUT2D eigenvalue weighted by molar-refractivity contribution is 0.467. The van der Waals surface area contributed by atoms with E-state index >= 15 is 0 Å². The van der Waals surface area contributed by atoms with Crippen molar-refractivity contribution >= 4 is 15.9 Å². The highest BCUT2D eigenvalue weighted by Gasteiger charge is 2.12. The Balaban J connectivity index is 1.99. The van der Waals surface area contributed by atoms with Crippen molar-refractivity contribution in [3.05, 3.63) is 46.5 Å². The van der Waals surface area contributed by atoms with Gasteiger partial charge in [-0.2, -0.15) is 0 Å². The zero-order valence-electron chi connectivity index (χ0n) is 9.62. The van der Waals surface area contributed by atoms with Crippen molar-refractivity contribution in [3.8, 4) is 0 Å². The minimum atomic E-state index is 0.408. The Morgan fingerprint density at radius 1 is 1.44 bits per heavy atom. The summed E-state index contributed by atoms with van der Waals surface area (Å²) in [6.07, 6.45) is 8.39. The first-order valence-electron chi connectivity index (χ1n) is 5.94. The smallest absolute Gasteiger partial charge is 0.0297 e. The molecule has 0 spiro atoms. The van der Waals surface area contributed by atoms with Crippen LogP contribution in [0.25, 0.3) is 0 Å². The van der Waals surface area contributed by atoms with Crippen LogP contribution in [0.3, 0.4) is 0 Å². The highest BCUT2D eigenvalue weighted by Crippen LogP contribution is 2.20. The molecule has 0 heterocycles. The molecule has 2 rings (SSSR count). The van der Waals surface area contributed by atoms with Crippen LogP contribution in [-0.2, 0) is 0 Å². The molecule has 2 unspecified atom stereocenters. The maximum Gasteiger partial charge on any atom is 0.0297 e.